The Bertz CT molecular complexity index is 472. The van der Waals surface area contributed by atoms with Crippen LogP contribution in [0.4, 0.5) is 0 Å². The predicted octanol–water partition coefficient (Wildman–Crippen LogP) is 3.68. The zero-order valence-electron chi connectivity index (χ0n) is 10.8. The fraction of sp³-hybridized carbons (Fsp3) is 0.500. The third-order valence-electron chi connectivity index (χ3n) is 3.89. The van der Waals surface area contributed by atoms with Crippen molar-refractivity contribution in [2.75, 3.05) is 13.1 Å². The van der Waals surface area contributed by atoms with Crippen molar-refractivity contribution in [1.82, 2.24) is 4.90 Å². The fourth-order valence-electron chi connectivity index (χ4n) is 2.67. The van der Waals surface area contributed by atoms with Gasteiger partial charge in [0, 0.05) is 23.1 Å². The Hall–Kier alpha value is -0.770. The zero-order valence-corrected chi connectivity index (χ0v) is 12.3. The van der Waals surface area contributed by atoms with E-state index in [1.54, 1.807) is 6.07 Å². The number of hydrogen-bond donors (Lipinski definition) is 1. The molecule has 5 heteroatoms. The van der Waals surface area contributed by atoms with E-state index >= 15 is 0 Å². The second-order valence-corrected chi connectivity index (χ2v) is 6.05. The summed E-state index contributed by atoms with van der Waals surface area (Å²) in [7, 11) is 0. The molecule has 1 unspecified atom stereocenters. The molecule has 1 atom stereocenters. The first-order valence-electron chi connectivity index (χ1n) is 6.36. The molecule has 3 nitrogen and oxygen atoms in total. The van der Waals surface area contributed by atoms with Gasteiger partial charge in [-0.05, 0) is 43.1 Å². The van der Waals surface area contributed by atoms with E-state index in [9.17, 15) is 9.90 Å². The van der Waals surface area contributed by atoms with Crippen molar-refractivity contribution in [2.45, 2.75) is 26.3 Å². The lowest BCUT2D eigenvalue weighted by Gasteiger charge is -2.23. The van der Waals surface area contributed by atoms with Crippen molar-refractivity contribution < 1.29 is 9.90 Å². The maximum Gasteiger partial charge on any atom is 0.310 e. The molecule has 19 heavy (non-hydrogen) atoms. The van der Waals surface area contributed by atoms with Crippen molar-refractivity contribution in [2.24, 2.45) is 5.41 Å². The van der Waals surface area contributed by atoms with Gasteiger partial charge in [0.1, 0.15) is 0 Å². The molecule has 1 aliphatic rings. The van der Waals surface area contributed by atoms with Crippen molar-refractivity contribution in [3.63, 3.8) is 0 Å². The number of likely N-dealkylation sites (tertiary alicyclic amines) is 1. The van der Waals surface area contributed by atoms with Crippen LogP contribution in [0.5, 0.6) is 0 Å². The quantitative estimate of drug-likeness (QED) is 0.922. The van der Waals surface area contributed by atoms with Gasteiger partial charge in [0.15, 0.2) is 0 Å². The van der Waals surface area contributed by atoms with E-state index in [1.165, 1.54) is 0 Å². The van der Waals surface area contributed by atoms with E-state index in [1.807, 2.05) is 19.1 Å². The average molecular weight is 302 g/mol. The number of carbonyl (C=O) groups is 1. The van der Waals surface area contributed by atoms with Gasteiger partial charge in [0.2, 0.25) is 0 Å². The second kappa shape index (κ2) is 5.70. The van der Waals surface area contributed by atoms with Gasteiger partial charge in [-0.15, -0.1) is 0 Å². The van der Waals surface area contributed by atoms with Gasteiger partial charge in [-0.1, -0.05) is 30.1 Å². The maximum absolute atomic E-state index is 11.4. The number of carboxylic acids is 1. The van der Waals surface area contributed by atoms with E-state index in [2.05, 4.69) is 4.90 Å². The molecule has 0 amide bonds. The molecule has 1 N–H and O–H groups in total. The number of hydrogen-bond acceptors (Lipinski definition) is 2. The van der Waals surface area contributed by atoms with Crippen LogP contribution in [-0.2, 0) is 11.3 Å². The second-order valence-electron chi connectivity index (χ2n) is 5.18. The first-order valence-corrected chi connectivity index (χ1v) is 7.11. The molecule has 0 aromatic heterocycles. The van der Waals surface area contributed by atoms with Crippen LogP contribution in [0.2, 0.25) is 10.0 Å². The number of nitrogens with zero attached hydrogens (tertiary/aromatic N) is 1. The molecule has 0 spiro atoms. The van der Waals surface area contributed by atoms with Gasteiger partial charge < -0.3 is 5.11 Å². The van der Waals surface area contributed by atoms with Gasteiger partial charge in [-0.2, -0.15) is 0 Å². The molecule has 1 aromatic rings. The first-order chi connectivity index (χ1) is 8.95. The summed E-state index contributed by atoms with van der Waals surface area (Å²) >= 11 is 11.9. The zero-order chi connectivity index (χ0) is 14.0. The van der Waals surface area contributed by atoms with Crippen molar-refractivity contribution >= 4 is 29.2 Å². The Morgan fingerprint density at radius 3 is 2.47 bits per heavy atom. The van der Waals surface area contributed by atoms with Crippen LogP contribution in [0.3, 0.4) is 0 Å². The number of benzene rings is 1. The van der Waals surface area contributed by atoms with Crippen LogP contribution in [0.15, 0.2) is 18.2 Å². The molecule has 0 radical (unpaired) electrons. The molecule has 0 saturated carbocycles. The highest BCUT2D eigenvalue weighted by Crippen LogP contribution is 2.35. The molecular formula is C14H17Cl2NO2. The highest BCUT2D eigenvalue weighted by molar-refractivity contribution is 6.34. The summed E-state index contributed by atoms with van der Waals surface area (Å²) in [5, 5.41) is 10.6. The van der Waals surface area contributed by atoms with Crippen molar-refractivity contribution in [3.05, 3.63) is 33.8 Å². The summed E-state index contributed by atoms with van der Waals surface area (Å²) in [6, 6.07) is 5.45. The normalized spacial score (nSPS) is 23.7. The van der Waals surface area contributed by atoms with Crippen LogP contribution in [0.25, 0.3) is 0 Å². The highest BCUT2D eigenvalue weighted by Gasteiger charge is 2.42. The molecule has 1 saturated heterocycles. The molecule has 1 heterocycles. The number of carboxylic acid groups (broad SMARTS) is 1. The van der Waals surface area contributed by atoms with E-state index in [0.29, 0.717) is 36.0 Å². The molecule has 1 aliphatic heterocycles. The van der Waals surface area contributed by atoms with Crippen LogP contribution >= 0.6 is 23.2 Å². The lowest BCUT2D eigenvalue weighted by Crippen LogP contribution is -2.33. The standard InChI is InChI=1S/C14H17Cl2NO2/c1-2-14(13(18)19)3-4-17(9-14)8-10-5-11(15)7-12(16)6-10/h5-7H,2-4,8-9H2,1H3,(H,18,19). The summed E-state index contributed by atoms with van der Waals surface area (Å²) in [5.41, 5.74) is 0.428. The lowest BCUT2D eigenvalue weighted by atomic mass is 9.84. The fourth-order valence-corrected chi connectivity index (χ4v) is 3.24. The Balaban J connectivity index is 2.08. The molecule has 0 bridgehead atoms. The Kier molecular flexibility index (Phi) is 4.39. The molecule has 1 aromatic carbocycles. The Morgan fingerprint density at radius 1 is 1.37 bits per heavy atom. The van der Waals surface area contributed by atoms with Crippen LogP contribution < -0.4 is 0 Å². The monoisotopic (exact) mass is 301 g/mol. The van der Waals surface area contributed by atoms with Crippen LogP contribution in [0.1, 0.15) is 25.3 Å². The van der Waals surface area contributed by atoms with Crippen LogP contribution in [0, 0.1) is 5.41 Å². The largest absolute Gasteiger partial charge is 0.481 e. The summed E-state index contributed by atoms with van der Waals surface area (Å²) in [4.78, 5) is 13.5. The predicted molar refractivity (Wildman–Crippen MR) is 76.7 cm³/mol. The number of halogens is 2. The third kappa shape index (κ3) is 3.22. The molecular weight excluding hydrogens is 285 g/mol. The lowest BCUT2D eigenvalue weighted by molar-refractivity contribution is -0.148. The number of rotatable bonds is 4. The SMILES string of the molecule is CCC1(C(=O)O)CCN(Cc2cc(Cl)cc(Cl)c2)C1. The smallest absolute Gasteiger partial charge is 0.310 e. The van der Waals surface area contributed by atoms with Crippen molar-refractivity contribution in [1.29, 1.82) is 0 Å². The summed E-state index contributed by atoms with van der Waals surface area (Å²) < 4.78 is 0. The Labute approximate surface area is 123 Å². The molecule has 1 fully saturated rings. The molecule has 0 aliphatic carbocycles. The maximum atomic E-state index is 11.4. The van der Waals surface area contributed by atoms with Crippen LogP contribution in [-0.4, -0.2) is 29.1 Å². The minimum absolute atomic E-state index is 0.586. The van der Waals surface area contributed by atoms with E-state index in [0.717, 1.165) is 12.1 Å². The van der Waals surface area contributed by atoms with E-state index in [-0.39, 0.29) is 0 Å². The van der Waals surface area contributed by atoms with Gasteiger partial charge in [0.25, 0.3) is 0 Å². The highest BCUT2D eigenvalue weighted by atomic mass is 35.5. The summed E-state index contributed by atoms with van der Waals surface area (Å²) in [5.74, 6) is -0.693. The van der Waals surface area contributed by atoms with E-state index in [4.69, 9.17) is 23.2 Å². The molecule has 2 rings (SSSR count). The Morgan fingerprint density at radius 2 is 2.00 bits per heavy atom. The van der Waals surface area contributed by atoms with Gasteiger partial charge >= 0.3 is 5.97 Å². The summed E-state index contributed by atoms with van der Waals surface area (Å²) in [6.45, 7) is 4.01. The minimum Gasteiger partial charge on any atom is -0.481 e. The van der Waals surface area contributed by atoms with Gasteiger partial charge in [-0.25, -0.2) is 0 Å². The summed E-state index contributed by atoms with van der Waals surface area (Å²) in [6.07, 6.45) is 1.36. The van der Waals surface area contributed by atoms with Gasteiger partial charge in [-0.3, -0.25) is 9.69 Å². The van der Waals surface area contributed by atoms with Crippen molar-refractivity contribution in [3.8, 4) is 0 Å². The first kappa shape index (κ1) is 14.6. The molecule has 104 valence electrons. The van der Waals surface area contributed by atoms with E-state index < -0.39 is 11.4 Å². The minimum atomic E-state index is -0.693. The third-order valence-corrected chi connectivity index (χ3v) is 4.33. The van der Waals surface area contributed by atoms with Gasteiger partial charge in [0.05, 0.1) is 5.41 Å². The average Bonchev–Trinajstić information content (AvgIpc) is 2.72. The number of aliphatic carboxylic acids is 1. The topological polar surface area (TPSA) is 40.5 Å².